The summed E-state index contributed by atoms with van der Waals surface area (Å²) in [6.07, 6.45) is 2.06. The molecule has 1 atom stereocenters. The Balaban J connectivity index is 1.62. The average molecular weight is 485 g/mol. The number of nitrogens with zero attached hydrogens (tertiary/aromatic N) is 3. The van der Waals surface area contributed by atoms with Crippen LogP contribution in [0.2, 0.25) is 0 Å². The maximum absolute atomic E-state index is 5.85. The molecule has 5 rings (SSSR count). The van der Waals surface area contributed by atoms with Crippen molar-refractivity contribution in [2.75, 3.05) is 11.2 Å². The van der Waals surface area contributed by atoms with Crippen LogP contribution in [-0.2, 0) is 0 Å². The van der Waals surface area contributed by atoms with Gasteiger partial charge < -0.3 is 9.84 Å². The fourth-order valence-electron chi connectivity index (χ4n) is 4.11. The van der Waals surface area contributed by atoms with Crippen LogP contribution in [0.5, 0.6) is 0 Å². The van der Waals surface area contributed by atoms with Crippen LogP contribution in [0, 0.1) is 6.92 Å². The number of benzene rings is 3. The number of para-hydroxylation sites is 1. The van der Waals surface area contributed by atoms with E-state index in [0.717, 1.165) is 28.1 Å². The number of thioether (sulfide) groups is 1. The first-order valence-corrected chi connectivity index (χ1v) is 12.6. The lowest BCUT2D eigenvalue weighted by Gasteiger charge is -2.37. The molecule has 5 nitrogen and oxygen atoms in total. The minimum atomic E-state index is -0.208. The maximum atomic E-state index is 5.85. The van der Waals surface area contributed by atoms with Crippen molar-refractivity contribution < 1.29 is 4.52 Å². The second kappa shape index (κ2) is 9.44. The highest BCUT2D eigenvalue weighted by Crippen LogP contribution is 2.39. The molecule has 0 radical (unpaired) electrons. The van der Waals surface area contributed by atoms with Crippen LogP contribution in [0.3, 0.4) is 0 Å². The molecule has 0 spiro atoms. The van der Waals surface area contributed by atoms with Crippen molar-refractivity contribution in [3.63, 3.8) is 0 Å². The lowest BCUT2D eigenvalue weighted by atomic mass is 9.94. The molecule has 34 heavy (non-hydrogen) atoms. The van der Waals surface area contributed by atoms with Crippen LogP contribution in [0.25, 0.3) is 17.0 Å². The molecule has 0 fully saturated rings. The average Bonchev–Trinajstić information content (AvgIpc) is 3.34. The molecule has 0 aliphatic carbocycles. The van der Waals surface area contributed by atoms with E-state index >= 15 is 0 Å². The number of hydrogen-bond acceptors (Lipinski definition) is 5. The quantitative estimate of drug-likeness (QED) is 0.252. The molecule has 2 heterocycles. The van der Waals surface area contributed by atoms with E-state index in [1.807, 2.05) is 54.3 Å². The molecule has 170 valence electrons. The van der Waals surface area contributed by atoms with E-state index in [2.05, 4.69) is 60.1 Å². The minimum Gasteiger partial charge on any atom is -0.351 e. The van der Waals surface area contributed by atoms with E-state index in [9.17, 15) is 0 Å². The van der Waals surface area contributed by atoms with Crippen LogP contribution in [-0.4, -0.2) is 21.5 Å². The molecule has 0 bridgehead atoms. The van der Waals surface area contributed by atoms with Crippen molar-refractivity contribution in [3.05, 3.63) is 102 Å². The van der Waals surface area contributed by atoms with E-state index in [1.54, 1.807) is 11.8 Å². The van der Waals surface area contributed by atoms with Gasteiger partial charge in [-0.05, 0) is 74.3 Å². The SMILES string of the molecule is CSc1ccc(-c2noc(C3=C(C)N(c4ccccc4)C(=S)NC3c3ccc(C)cc3)n2)cc1. The summed E-state index contributed by atoms with van der Waals surface area (Å²) >= 11 is 7.51. The summed E-state index contributed by atoms with van der Waals surface area (Å²) in [7, 11) is 0. The van der Waals surface area contributed by atoms with Crippen LogP contribution in [0.15, 0.2) is 94.0 Å². The van der Waals surface area contributed by atoms with Crippen molar-refractivity contribution in [2.24, 2.45) is 0 Å². The molecule has 1 aromatic heterocycles. The van der Waals surface area contributed by atoms with Crippen molar-refractivity contribution in [1.29, 1.82) is 0 Å². The Morgan fingerprint density at radius 3 is 2.32 bits per heavy atom. The Hall–Kier alpha value is -3.42. The van der Waals surface area contributed by atoms with Gasteiger partial charge in [-0.15, -0.1) is 11.8 Å². The van der Waals surface area contributed by atoms with Gasteiger partial charge in [-0.2, -0.15) is 4.98 Å². The monoisotopic (exact) mass is 484 g/mol. The first-order chi connectivity index (χ1) is 16.5. The Kier molecular flexibility index (Phi) is 6.22. The predicted molar refractivity (Wildman–Crippen MR) is 143 cm³/mol. The van der Waals surface area contributed by atoms with Crippen molar-refractivity contribution in [2.45, 2.75) is 24.8 Å². The molecular formula is C27H24N4OS2. The van der Waals surface area contributed by atoms with Gasteiger partial charge in [0.05, 0.1) is 11.6 Å². The van der Waals surface area contributed by atoms with Gasteiger partial charge in [0.25, 0.3) is 5.89 Å². The maximum Gasteiger partial charge on any atom is 0.258 e. The number of aryl methyl sites for hydroxylation is 1. The van der Waals surface area contributed by atoms with Gasteiger partial charge in [0, 0.05) is 21.8 Å². The summed E-state index contributed by atoms with van der Waals surface area (Å²) in [6, 6.07) is 26.4. The van der Waals surface area contributed by atoms with Crippen LogP contribution in [0.1, 0.15) is 30.0 Å². The summed E-state index contributed by atoms with van der Waals surface area (Å²) in [5, 5.41) is 8.45. The van der Waals surface area contributed by atoms with Gasteiger partial charge in [-0.3, -0.25) is 4.90 Å². The Labute approximate surface area is 208 Å². The third kappa shape index (κ3) is 4.24. The molecule has 1 unspecified atom stereocenters. The predicted octanol–water partition coefficient (Wildman–Crippen LogP) is 6.63. The zero-order valence-electron chi connectivity index (χ0n) is 19.1. The smallest absolute Gasteiger partial charge is 0.258 e. The molecule has 0 amide bonds. The van der Waals surface area contributed by atoms with Crippen LogP contribution >= 0.6 is 24.0 Å². The third-order valence-corrected chi connectivity index (χ3v) is 6.96. The molecule has 7 heteroatoms. The van der Waals surface area contributed by atoms with Crippen molar-refractivity contribution >= 4 is 40.4 Å². The molecule has 1 N–H and O–H groups in total. The van der Waals surface area contributed by atoms with E-state index in [0.29, 0.717) is 16.8 Å². The second-order valence-corrected chi connectivity index (χ2v) is 9.38. The highest BCUT2D eigenvalue weighted by molar-refractivity contribution is 7.98. The van der Waals surface area contributed by atoms with Crippen LogP contribution in [0.4, 0.5) is 5.69 Å². The fraction of sp³-hybridized carbons (Fsp3) is 0.148. The molecular weight excluding hydrogens is 460 g/mol. The highest BCUT2D eigenvalue weighted by Gasteiger charge is 2.34. The first-order valence-electron chi connectivity index (χ1n) is 11.0. The molecule has 3 aromatic carbocycles. The van der Waals surface area contributed by atoms with Gasteiger partial charge in [-0.1, -0.05) is 53.2 Å². The van der Waals surface area contributed by atoms with E-state index in [-0.39, 0.29) is 6.04 Å². The Bertz CT molecular complexity index is 1350. The topological polar surface area (TPSA) is 54.2 Å². The molecule has 1 aliphatic heterocycles. The molecule has 0 saturated carbocycles. The van der Waals surface area contributed by atoms with E-state index in [1.165, 1.54) is 10.5 Å². The van der Waals surface area contributed by atoms with Gasteiger partial charge in [0.2, 0.25) is 5.82 Å². The number of hydrogen-bond donors (Lipinski definition) is 1. The molecule has 4 aromatic rings. The second-order valence-electron chi connectivity index (χ2n) is 8.11. The van der Waals surface area contributed by atoms with Gasteiger partial charge in [0.1, 0.15) is 0 Å². The number of thiocarbonyl (C=S) groups is 1. The van der Waals surface area contributed by atoms with Gasteiger partial charge in [0.15, 0.2) is 5.11 Å². The summed E-state index contributed by atoms with van der Waals surface area (Å²) in [6.45, 7) is 4.13. The zero-order valence-corrected chi connectivity index (χ0v) is 20.8. The third-order valence-electron chi connectivity index (χ3n) is 5.91. The largest absolute Gasteiger partial charge is 0.351 e. The summed E-state index contributed by atoms with van der Waals surface area (Å²) in [4.78, 5) is 8.01. The number of allylic oxidation sites excluding steroid dienone is 1. The molecule has 0 saturated heterocycles. The lowest BCUT2D eigenvalue weighted by molar-refractivity contribution is 0.404. The van der Waals surface area contributed by atoms with E-state index < -0.39 is 0 Å². The number of rotatable bonds is 5. The van der Waals surface area contributed by atoms with Crippen LogP contribution < -0.4 is 10.2 Å². The Morgan fingerprint density at radius 1 is 0.941 bits per heavy atom. The number of anilines is 1. The number of aromatic nitrogens is 2. The number of nitrogens with one attached hydrogen (secondary N) is 1. The van der Waals surface area contributed by atoms with Gasteiger partial charge >= 0.3 is 0 Å². The standard InChI is InChI=1S/C27H24N4OS2/c1-17-9-11-19(12-10-17)24-23(18(2)31(27(33)28-24)21-7-5-4-6-8-21)26-29-25(30-32-26)20-13-15-22(34-3)16-14-20/h4-16,24H,1-3H3,(H,28,33). The summed E-state index contributed by atoms with van der Waals surface area (Å²) in [5.41, 5.74) is 6.03. The van der Waals surface area contributed by atoms with Crippen molar-refractivity contribution in [1.82, 2.24) is 15.5 Å². The molecule has 1 aliphatic rings. The zero-order chi connectivity index (χ0) is 23.7. The van der Waals surface area contributed by atoms with Crippen molar-refractivity contribution in [3.8, 4) is 11.4 Å². The first kappa shape index (κ1) is 22.4. The fourth-order valence-corrected chi connectivity index (χ4v) is 4.88. The normalized spacial score (nSPS) is 16.0. The summed E-state index contributed by atoms with van der Waals surface area (Å²) < 4.78 is 5.85. The lowest BCUT2D eigenvalue weighted by Crippen LogP contribution is -2.46. The summed E-state index contributed by atoms with van der Waals surface area (Å²) in [5.74, 6) is 1.04. The Morgan fingerprint density at radius 2 is 1.65 bits per heavy atom. The highest BCUT2D eigenvalue weighted by atomic mass is 32.2. The van der Waals surface area contributed by atoms with E-state index in [4.69, 9.17) is 21.7 Å². The minimum absolute atomic E-state index is 0.208. The van der Waals surface area contributed by atoms with Gasteiger partial charge in [-0.25, -0.2) is 0 Å².